The van der Waals surface area contributed by atoms with Crippen molar-refractivity contribution < 1.29 is 4.79 Å². The molecule has 1 aromatic heterocycles. The van der Waals surface area contributed by atoms with Crippen LogP contribution in [0, 0.1) is 0 Å². The van der Waals surface area contributed by atoms with Gasteiger partial charge in [-0.1, -0.05) is 53.7 Å². The molecule has 0 spiro atoms. The summed E-state index contributed by atoms with van der Waals surface area (Å²) in [4.78, 5) is 12.2. The Morgan fingerprint density at radius 1 is 1.05 bits per heavy atom. The highest BCUT2D eigenvalue weighted by Crippen LogP contribution is 2.12. The molecule has 1 amide bonds. The normalized spacial score (nSPS) is 11.9. The van der Waals surface area contributed by atoms with Gasteiger partial charge in [0.05, 0.1) is 17.9 Å². The molecule has 3 rings (SSSR count). The van der Waals surface area contributed by atoms with Gasteiger partial charge < -0.3 is 5.32 Å². The second kappa shape index (κ2) is 6.22. The Labute approximate surface area is 128 Å². The van der Waals surface area contributed by atoms with Gasteiger partial charge in [-0.2, -0.15) is 0 Å². The number of hydrogen-bond acceptors (Lipinski definition) is 3. The fourth-order valence-corrected chi connectivity index (χ4v) is 2.17. The van der Waals surface area contributed by atoms with Gasteiger partial charge in [0.1, 0.15) is 0 Å². The number of nitrogens with one attached hydrogen (secondary N) is 1. The summed E-state index contributed by atoms with van der Waals surface area (Å²) < 4.78 is 1.59. The molecule has 1 N–H and O–H groups in total. The summed E-state index contributed by atoms with van der Waals surface area (Å²) in [6, 6.07) is 19.3. The van der Waals surface area contributed by atoms with Crippen LogP contribution < -0.4 is 5.32 Å². The first-order chi connectivity index (χ1) is 10.7. The lowest BCUT2D eigenvalue weighted by Crippen LogP contribution is -2.26. The van der Waals surface area contributed by atoms with Crippen molar-refractivity contribution in [2.24, 2.45) is 0 Å². The van der Waals surface area contributed by atoms with Gasteiger partial charge in [0.2, 0.25) is 0 Å². The molecule has 3 aromatic rings. The molecule has 5 heteroatoms. The number of hydrogen-bond donors (Lipinski definition) is 1. The zero-order valence-corrected chi connectivity index (χ0v) is 12.2. The first-order valence-electron chi connectivity index (χ1n) is 7.07. The van der Waals surface area contributed by atoms with Gasteiger partial charge in [0.15, 0.2) is 5.69 Å². The largest absolute Gasteiger partial charge is 0.344 e. The molecule has 0 aliphatic heterocycles. The summed E-state index contributed by atoms with van der Waals surface area (Å²) in [5, 5.41) is 10.9. The van der Waals surface area contributed by atoms with E-state index in [0.717, 1.165) is 11.3 Å². The molecule has 0 saturated heterocycles. The number of rotatable bonds is 4. The first-order valence-corrected chi connectivity index (χ1v) is 7.07. The second-order valence-electron chi connectivity index (χ2n) is 4.99. The first kappa shape index (κ1) is 14.0. The van der Waals surface area contributed by atoms with E-state index in [-0.39, 0.29) is 11.9 Å². The van der Waals surface area contributed by atoms with E-state index in [0.29, 0.717) is 5.69 Å². The molecule has 0 fully saturated rings. The van der Waals surface area contributed by atoms with Gasteiger partial charge in [0.25, 0.3) is 5.91 Å². The van der Waals surface area contributed by atoms with Crippen molar-refractivity contribution in [2.45, 2.75) is 13.0 Å². The number of para-hydroxylation sites is 1. The van der Waals surface area contributed by atoms with E-state index in [1.807, 2.05) is 67.6 Å². The van der Waals surface area contributed by atoms with Crippen LogP contribution in [0.1, 0.15) is 29.0 Å². The van der Waals surface area contributed by atoms with Crippen LogP contribution >= 0.6 is 0 Å². The third-order valence-electron chi connectivity index (χ3n) is 3.39. The quantitative estimate of drug-likeness (QED) is 0.804. The average Bonchev–Trinajstić information content (AvgIpc) is 3.06. The minimum atomic E-state index is -0.237. The Hall–Kier alpha value is -2.95. The van der Waals surface area contributed by atoms with E-state index in [9.17, 15) is 4.79 Å². The molecule has 0 saturated carbocycles. The van der Waals surface area contributed by atoms with Crippen LogP contribution in [0.5, 0.6) is 0 Å². The Morgan fingerprint density at radius 3 is 2.36 bits per heavy atom. The van der Waals surface area contributed by atoms with E-state index < -0.39 is 0 Å². The summed E-state index contributed by atoms with van der Waals surface area (Å²) in [7, 11) is 0. The van der Waals surface area contributed by atoms with E-state index in [4.69, 9.17) is 0 Å². The summed E-state index contributed by atoms with van der Waals surface area (Å²) >= 11 is 0. The Bertz CT molecular complexity index is 753. The fraction of sp³-hybridized carbons (Fsp3) is 0.118. The molecular weight excluding hydrogens is 276 g/mol. The zero-order chi connectivity index (χ0) is 15.4. The lowest BCUT2D eigenvalue weighted by Gasteiger charge is -2.12. The molecule has 5 nitrogen and oxygen atoms in total. The SMILES string of the molecule is C[C@H](NC(=O)c1cn(-c2ccccc2)nn1)c1ccccc1. The standard InChI is InChI=1S/C17H16N4O/c1-13(14-8-4-2-5-9-14)18-17(22)16-12-21(20-19-16)15-10-6-3-7-11-15/h2-13H,1H3,(H,18,22)/t13-/m0/s1. The maximum Gasteiger partial charge on any atom is 0.273 e. The fourth-order valence-electron chi connectivity index (χ4n) is 2.17. The number of aromatic nitrogens is 3. The number of carbonyl (C=O) groups excluding carboxylic acids is 1. The molecule has 110 valence electrons. The molecule has 22 heavy (non-hydrogen) atoms. The van der Waals surface area contributed by atoms with Crippen LogP contribution in [0.25, 0.3) is 5.69 Å². The Morgan fingerprint density at radius 2 is 1.68 bits per heavy atom. The van der Waals surface area contributed by atoms with Crippen molar-refractivity contribution in [3.8, 4) is 5.69 Å². The van der Waals surface area contributed by atoms with E-state index in [1.54, 1.807) is 10.9 Å². The molecule has 0 radical (unpaired) electrons. The van der Waals surface area contributed by atoms with Crippen molar-refractivity contribution in [1.29, 1.82) is 0 Å². The van der Waals surface area contributed by atoms with Crippen LogP contribution in [0.3, 0.4) is 0 Å². The molecule has 0 unspecified atom stereocenters. The maximum absolute atomic E-state index is 12.2. The van der Waals surface area contributed by atoms with Crippen molar-refractivity contribution in [2.75, 3.05) is 0 Å². The minimum Gasteiger partial charge on any atom is -0.344 e. The lowest BCUT2D eigenvalue weighted by atomic mass is 10.1. The minimum absolute atomic E-state index is 0.0874. The molecule has 1 atom stereocenters. The highest BCUT2D eigenvalue weighted by atomic mass is 16.2. The van der Waals surface area contributed by atoms with Crippen LogP contribution in [0.4, 0.5) is 0 Å². The Balaban J connectivity index is 1.72. The average molecular weight is 292 g/mol. The predicted octanol–water partition coefficient (Wildman–Crippen LogP) is 2.76. The van der Waals surface area contributed by atoms with Crippen LogP contribution in [-0.4, -0.2) is 20.9 Å². The zero-order valence-electron chi connectivity index (χ0n) is 12.2. The summed E-state index contributed by atoms with van der Waals surface area (Å²) in [6.07, 6.45) is 1.63. The molecule has 0 aliphatic carbocycles. The van der Waals surface area contributed by atoms with Crippen LogP contribution in [0.15, 0.2) is 66.9 Å². The third-order valence-corrected chi connectivity index (χ3v) is 3.39. The summed E-state index contributed by atoms with van der Waals surface area (Å²) in [5.41, 5.74) is 2.21. The number of nitrogens with zero attached hydrogens (tertiary/aromatic N) is 3. The maximum atomic E-state index is 12.2. The topological polar surface area (TPSA) is 59.8 Å². The smallest absolute Gasteiger partial charge is 0.273 e. The van der Waals surface area contributed by atoms with Gasteiger partial charge in [-0.15, -0.1) is 5.10 Å². The van der Waals surface area contributed by atoms with Gasteiger partial charge in [-0.05, 0) is 24.6 Å². The predicted molar refractivity (Wildman–Crippen MR) is 83.7 cm³/mol. The molecule has 0 aliphatic rings. The summed E-state index contributed by atoms with van der Waals surface area (Å²) in [5.74, 6) is -0.237. The molecular formula is C17H16N4O. The molecule has 1 heterocycles. The second-order valence-corrected chi connectivity index (χ2v) is 4.99. The third kappa shape index (κ3) is 3.03. The van der Waals surface area contributed by atoms with E-state index in [1.165, 1.54) is 0 Å². The number of amides is 1. The van der Waals surface area contributed by atoms with Crippen LogP contribution in [-0.2, 0) is 0 Å². The van der Waals surface area contributed by atoms with Gasteiger partial charge in [0, 0.05) is 0 Å². The monoisotopic (exact) mass is 292 g/mol. The van der Waals surface area contributed by atoms with Crippen molar-refractivity contribution >= 4 is 5.91 Å². The highest BCUT2D eigenvalue weighted by molar-refractivity contribution is 5.92. The van der Waals surface area contributed by atoms with Crippen molar-refractivity contribution in [3.63, 3.8) is 0 Å². The van der Waals surface area contributed by atoms with Crippen LogP contribution in [0.2, 0.25) is 0 Å². The molecule has 2 aromatic carbocycles. The van der Waals surface area contributed by atoms with Crippen molar-refractivity contribution in [1.82, 2.24) is 20.3 Å². The van der Waals surface area contributed by atoms with E-state index in [2.05, 4.69) is 15.6 Å². The van der Waals surface area contributed by atoms with Gasteiger partial charge >= 0.3 is 0 Å². The van der Waals surface area contributed by atoms with Gasteiger partial charge in [-0.25, -0.2) is 4.68 Å². The molecule has 0 bridgehead atoms. The number of benzene rings is 2. The Kier molecular flexibility index (Phi) is 3.96. The van der Waals surface area contributed by atoms with Gasteiger partial charge in [-0.3, -0.25) is 4.79 Å². The summed E-state index contributed by atoms with van der Waals surface area (Å²) in [6.45, 7) is 1.94. The van der Waals surface area contributed by atoms with E-state index >= 15 is 0 Å². The van der Waals surface area contributed by atoms with Crippen molar-refractivity contribution in [3.05, 3.63) is 78.1 Å². The lowest BCUT2D eigenvalue weighted by molar-refractivity contribution is 0.0935. The number of carbonyl (C=O) groups is 1. The highest BCUT2D eigenvalue weighted by Gasteiger charge is 2.14.